The molecule has 0 saturated carbocycles. The first-order valence-corrected chi connectivity index (χ1v) is 8.56. The van der Waals surface area contributed by atoms with Crippen molar-refractivity contribution in [3.05, 3.63) is 35.1 Å². The Kier molecular flexibility index (Phi) is 4.04. The highest BCUT2D eigenvalue weighted by Crippen LogP contribution is 2.32. The van der Waals surface area contributed by atoms with Crippen LogP contribution < -0.4 is 16.0 Å². The fraction of sp³-hybridized carbons (Fsp3) is 0.375. The molecule has 0 aromatic carbocycles. The smallest absolute Gasteiger partial charge is 0.273 e. The van der Waals surface area contributed by atoms with Crippen molar-refractivity contribution in [1.29, 1.82) is 0 Å². The zero-order valence-corrected chi connectivity index (χ0v) is 14.9. The summed E-state index contributed by atoms with van der Waals surface area (Å²) in [6.45, 7) is 3.31. The van der Waals surface area contributed by atoms with Crippen LogP contribution >= 0.6 is 11.6 Å². The number of halogens is 1. The number of anilines is 1. The number of aromatic amines is 1. The number of hydrogen-bond donors (Lipinski definition) is 3. The van der Waals surface area contributed by atoms with E-state index in [-0.39, 0.29) is 11.6 Å². The minimum absolute atomic E-state index is 0.248. The molecule has 4 N–H and O–H groups in total. The van der Waals surface area contributed by atoms with Crippen LogP contribution in [0.1, 0.15) is 22.7 Å². The molecule has 1 fully saturated rings. The third-order valence-electron chi connectivity index (χ3n) is 4.55. The third-order valence-corrected chi connectivity index (χ3v) is 4.85. The summed E-state index contributed by atoms with van der Waals surface area (Å²) in [7, 11) is 0. The predicted molar refractivity (Wildman–Crippen MR) is 96.2 cm³/mol. The minimum Gasteiger partial charge on any atom is -0.361 e. The van der Waals surface area contributed by atoms with Crippen LogP contribution in [0.15, 0.2) is 23.1 Å². The molecule has 26 heavy (non-hydrogen) atoms. The zero-order valence-electron chi connectivity index (χ0n) is 14.1. The van der Waals surface area contributed by atoms with E-state index >= 15 is 0 Å². The molecule has 1 aliphatic rings. The summed E-state index contributed by atoms with van der Waals surface area (Å²) >= 11 is 6.26. The maximum Gasteiger partial charge on any atom is 0.273 e. The van der Waals surface area contributed by atoms with Crippen LogP contribution in [0.5, 0.6) is 0 Å². The summed E-state index contributed by atoms with van der Waals surface area (Å²) in [5, 5.41) is 7.89. The van der Waals surface area contributed by atoms with Gasteiger partial charge < -0.3 is 25.5 Å². The van der Waals surface area contributed by atoms with Crippen LogP contribution in [0.2, 0.25) is 5.02 Å². The topological polar surface area (TPSA) is 126 Å². The van der Waals surface area contributed by atoms with Crippen LogP contribution in [0, 0.1) is 6.92 Å². The van der Waals surface area contributed by atoms with Gasteiger partial charge in [-0.3, -0.25) is 4.79 Å². The molecule has 1 saturated heterocycles. The first-order chi connectivity index (χ1) is 12.5. The number of carbonyl (C=O) groups is 1. The number of H-pyrrole nitrogens is 1. The van der Waals surface area contributed by atoms with Gasteiger partial charge in [0.1, 0.15) is 23.6 Å². The van der Waals surface area contributed by atoms with Gasteiger partial charge in [-0.05, 0) is 13.3 Å². The number of nitrogens with zero attached hydrogens (tertiary/aromatic N) is 4. The number of nitrogens with one attached hydrogen (secondary N) is 2. The number of hydrogen-bond acceptors (Lipinski definition) is 7. The first-order valence-electron chi connectivity index (χ1n) is 8.18. The summed E-state index contributed by atoms with van der Waals surface area (Å²) in [5.41, 5.74) is 6.85. The standard InChI is InChI=1S/C16H18ClN7O2/c1-9-4-11(23-26-9)15(25)20-6-16(18)2-3-24(7-16)14-12-10(17)5-19-13(12)21-8-22-14/h4-5,8H,2-3,6-7,18H2,1H3,(H,20,25)(H,19,21,22)/t16-/m1/s1. The van der Waals surface area contributed by atoms with Crippen LogP contribution in [0.25, 0.3) is 11.0 Å². The molecular weight excluding hydrogens is 358 g/mol. The van der Waals surface area contributed by atoms with E-state index in [2.05, 4.69) is 30.3 Å². The van der Waals surface area contributed by atoms with E-state index in [1.165, 1.54) is 6.33 Å². The van der Waals surface area contributed by atoms with E-state index in [0.29, 0.717) is 42.5 Å². The monoisotopic (exact) mass is 375 g/mol. The summed E-state index contributed by atoms with van der Waals surface area (Å²) in [6, 6.07) is 1.59. The van der Waals surface area contributed by atoms with E-state index in [1.807, 2.05) is 0 Å². The van der Waals surface area contributed by atoms with Gasteiger partial charge in [-0.2, -0.15) is 0 Å². The van der Waals surface area contributed by atoms with Crippen molar-refractivity contribution < 1.29 is 9.32 Å². The molecule has 0 unspecified atom stereocenters. The number of aromatic nitrogens is 4. The van der Waals surface area contributed by atoms with Crippen molar-refractivity contribution in [2.75, 3.05) is 24.5 Å². The quantitative estimate of drug-likeness (QED) is 0.626. The summed E-state index contributed by atoms with van der Waals surface area (Å²) < 4.78 is 4.92. The minimum atomic E-state index is -0.575. The molecule has 1 aliphatic heterocycles. The average Bonchev–Trinajstić information content (AvgIpc) is 3.33. The van der Waals surface area contributed by atoms with Gasteiger partial charge in [-0.15, -0.1) is 0 Å². The van der Waals surface area contributed by atoms with Crippen LogP contribution in [-0.4, -0.2) is 51.2 Å². The number of fused-ring (bicyclic) bond motifs is 1. The van der Waals surface area contributed by atoms with Crippen LogP contribution in [0.4, 0.5) is 5.82 Å². The van der Waals surface area contributed by atoms with Crippen molar-refractivity contribution in [3.8, 4) is 0 Å². The molecule has 136 valence electrons. The number of carbonyl (C=O) groups excluding carboxylic acids is 1. The molecule has 4 rings (SSSR count). The lowest BCUT2D eigenvalue weighted by Gasteiger charge is -2.25. The molecule has 9 nitrogen and oxygen atoms in total. The van der Waals surface area contributed by atoms with E-state index in [4.69, 9.17) is 21.9 Å². The molecule has 10 heteroatoms. The lowest BCUT2D eigenvalue weighted by atomic mass is 10.0. The first kappa shape index (κ1) is 16.8. The zero-order chi connectivity index (χ0) is 18.3. The van der Waals surface area contributed by atoms with Gasteiger partial charge in [-0.1, -0.05) is 16.8 Å². The van der Waals surface area contributed by atoms with Gasteiger partial charge in [0, 0.05) is 31.9 Å². The molecular formula is C16H18ClN7O2. The summed E-state index contributed by atoms with van der Waals surface area (Å²) in [6.07, 6.45) is 3.89. The van der Waals surface area contributed by atoms with Crippen LogP contribution in [-0.2, 0) is 0 Å². The Hall–Kier alpha value is -2.65. The van der Waals surface area contributed by atoms with Gasteiger partial charge in [-0.25, -0.2) is 9.97 Å². The van der Waals surface area contributed by atoms with Gasteiger partial charge >= 0.3 is 0 Å². The number of aryl methyl sites for hydroxylation is 1. The molecule has 3 aromatic heterocycles. The Balaban J connectivity index is 1.47. The Bertz CT molecular complexity index is 969. The average molecular weight is 376 g/mol. The van der Waals surface area contributed by atoms with Crippen molar-refractivity contribution in [1.82, 2.24) is 25.4 Å². The highest BCUT2D eigenvalue weighted by molar-refractivity contribution is 6.36. The lowest BCUT2D eigenvalue weighted by Crippen LogP contribution is -2.52. The molecule has 1 atom stereocenters. The molecule has 0 spiro atoms. The lowest BCUT2D eigenvalue weighted by molar-refractivity contribution is 0.0936. The van der Waals surface area contributed by atoms with Gasteiger partial charge in [0.05, 0.1) is 15.9 Å². The van der Waals surface area contributed by atoms with E-state index in [9.17, 15) is 4.79 Å². The molecule has 1 amide bonds. The SMILES string of the molecule is Cc1cc(C(=O)NC[C@]2(N)CCN(c3ncnc4[nH]cc(Cl)c34)C2)no1. The van der Waals surface area contributed by atoms with Crippen molar-refractivity contribution in [2.24, 2.45) is 5.73 Å². The number of nitrogens with two attached hydrogens (primary N) is 1. The molecule has 3 aromatic rings. The molecule has 0 radical (unpaired) electrons. The van der Waals surface area contributed by atoms with Gasteiger partial charge in [0.15, 0.2) is 5.69 Å². The second-order valence-electron chi connectivity index (χ2n) is 6.60. The predicted octanol–water partition coefficient (Wildman–Crippen LogP) is 1.25. The van der Waals surface area contributed by atoms with Crippen molar-refractivity contribution >= 4 is 34.4 Å². The maximum atomic E-state index is 12.1. The Morgan fingerprint density at radius 3 is 3.15 bits per heavy atom. The van der Waals surface area contributed by atoms with Crippen molar-refractivity contribution in [2.45, 2.75) is 18.9 Å². The van der Waals surface area contributed by atoms with Crippen molar-refractivity contribution in [3.63, 3.8) is 0 Å². The highest BCUT2D eigenvalue weighted by Gasteiger charge is 2.36. The Labute approximate surface area is 153 Å². The normalized spacial score (nSPS) is 20.0. The molecule has 0 bridgehead atoms. The summed E-state index contributed by atoms with van der Waals surface area (Å²) in [5.74, 6) is 1.02. The van der Waals surface area contributed by atoms with Gasteiger partial charge in [0.2, 0.25) is 0 Å². The fourth-order valence-electron chi connectivity index (χ4n) is 3.19. The van der Waals surface area contributed by atoms with E-state index in [0.717, 1.165) is 11.2 Å². The van der Waals surface area contributed by atoms with E-state index < -0.39 is 5.54 Å². The maximum absolute atomic E-state index is 12.1. The third kappa shape index (κ3) is 2.99. The fourth-order valence-corrected chi connectivity index (χ4v) is 3.42. The Morgan fingerprint density at radius 2 is 2.38 bits per heavy atom. The second kappa shape index (κ2) is 6.26. The van der Waals surface area contributed by atoms with Gasteiger partial charge in [0.25, 0.3) is 5.91 Å². The molecule has 4 heterocycles. The van der Waals surface area contributed by atoms with Crippen LogP contribution in [0.3, 0.4) is 0 Å². The highest BCUT2D eigenvalue weighted by atomic mass is 35.5. The second-order valence-corrected chi connectivity index (χ2v) is 7.00. The molecule has 0 aliphatic carbocycles. The Morgan fingerprint density at radius 1 is 1.54 bits per heavy atom. The largest absolute Gasteiger partial charge is 0.361 e. The van der Waals surface area contributed by atoms with E-state index in [1.54, 1.807) is 19.2 Å². The number of amides is 1. The number of rotatable bonds is 4. The summed E-state index contributed by atoms with van der Waals surface area (Å²) in [4.78, 5) is 25.8.